The first-order chi connectivity index (χ1) is 20.9. The molecule has 10 nitrogen and oxygen atoms in total. The standard InChI is InChI=1S/C32H28ClN9O/c1-40-17-23(16-37-40)21-9-26(30-22(13-34)15-38-41(30)18-21)20-4-5-28(36-14-20)42-24-7-19-8-25(42)12-32(10-19,11-24)39-31(43)29-27(33)3-2-6-35-29/h2-6,9,14-19,24-25H,7-8,10-12H2,1H3,(H,39,43)/t19?,24-,25+,32?. The van der Waals surface area contributed by atoms with E-state index in [-0.39, 0.29) is 17.1 Å². The van der Waals surface area contributed by atoms with Crippen LogP contribution in [0.4, 0.5) is 5.82 Å². The molecule has 2 saturated heterocycles. The first-order valence-electron chi connectivity index (χ1n) is 14.5. The van der Waals surface area contributed by atoms with Gasteiger partial charge in [0.25, 0.3) is 5.91 Å². The molecular weight excluding hydrogens is 562 g/mol. The van der Waals surface area contributed by atoms with Gasteiger partial charge in [-0.3, -0.25) is 9.48 Å². The highest BCUT2D eigenvalue weighted by atomic mass is 35.5. The van der Waals surface area contributed by atoms with Gasteiger partial charge in [0.15, 0.2) is 0 Å². The highest BCUT2D eigenvalue weighted by molar-refractivity contribution is 6.33. The van der Waals surface area contributed by atoms with Gasteiger partial charge < -0.3 is 10.2 Å². The number of hydrogen-bond donors (Lipinski definition) is 1. The second-order valence-electron chi connectivity index (χ2n) is 12.1. The molecule has 2 aliphatic heterocycles. The number of aryl methyl sites for hydroxylation is 1. The summed E-state index contributed by atoms with van der Waals surface area (Å²) in [5, 5.41) is 22.3. The minimum absolute atomic E-state index is 0.196. The largest absolute Gasteiger partial charge is 0.350 e. The summed E-state index contributed by atoms with van der Waals surface area (Å²) in [5.74, 6) is 1.32. The quantitative estimate of drug-likeness (QED) is 0.305. The molecule has 1 amide bonds. The van der Waals surface area contributed by atoms with Crippen molar-refractivity contribution in [2.45, 2.75) is 49.7 Å². The molecule has 4 fully saturated rings. The summed E-state index contributed by atoms with van der Waals surface area (Å²) in [7, 11) is 1.89. The fourth-order valence-corrected chi connectivity index (χ4v) is 8.06. The van der Waals surface area contributed by atoms with Crippen LogP contribution in [-0.4, -0.2) is 52.9 Å². The van der Waals surface area contributed by atoms with Gasteiger partial charge >= 0.3 is 0 Å². The number of aromatic nitrogens is 6. The van der Waals surface area contributed by atoms with E-state index in [2.05, 4.69) is 49.7 Å². The van der Waals surface area contributed by atoms with E-state index in [4.69, 9.17) is 16.6 Å². The van der Waals surface area contributed by atoms with Gasteiger partial charge in [-0.05, 0) is 68.4 Å². The molecule has 0 radical (unpaired) electrons. The highest BCUT2D eigenvalue weighted by Gasteiger charge is 2.55. The Morgan fingerprint density at radius 3 is 2.56 bits per heavy atom. The van der Waals surface area contributed by atoms with Crippen molar-refractivity contribution >= 4 is 28.8 Å². The first-order valence-corrected chi connectivity index (χ1v) is 14.9. The number of halogens is 1. The predicted molar refractivity (Wildman–Crippen MR) is 161 cm³/mol. The monoisotopic (exact) mass is 589 g/mol. The predicted octanol–water partition coefficient (Wildman–Crippen LogP) is 5.04. The average Bonchev–Trinajstić information content (AvgIpc) is 3.62. The van der Waals surface area contributed by atoms with Crippen LogP contribution in [-0.2, 0) is 7.05 Å². The van der Waals surface area contributed by atoms with Crippen LogP contribution in [0.15, 0.2) is 67.5 Å². The molecule has 4 bridgehead atoms. The van der Waals surface area contributed by atoms with E-state index in [9.17, 15) is 10.1 Å². The molecule has 4 atom stereocenters. The third kappa shape index (κ3) is 4.26. The average molecular weight is 590 g/mol. The van der Waals surface area contributed by atoms with Crippen LogP contribution in [0.5, 0.6) is 0 Å². The first kappa shape index (κ1) is 25.9. The third-order valence-electron chi connectivity index (χ3n) is 9.38. The van der Waals surface area contributed by atoms with Crippen LogP contribution in [0, 0.1) is 17.2 Å². The number of piperidine rings is 2. The number of hydrogen-bond acceptors (Lipinski definition) is 7. The Labute approximate surface area is 252 Å². The molecule has 2 saturated carbocycles. The van der Waals surface area contributed by atoms with E-state index >= 15 is 0 Å². The number of nitrogens with one attached hydrogen (secondary N) is 1. The molecule has 11 heteroatoms. The molecule has 2 aliphatic carbocycles. The van der Waals surface area contributed by atoms with Crippen molar-refractivity contribution in [1.82, 2.24) is 34.7 Å². The molecule has 43 heavy (non-hydrogen) atoms. The van der Waals surface area contributed by atoms with Crippen LogP contribution < -0.4 is 10.2 Å². The molecule has 9 rings (SSSR count). The maximum absolute atomic E-state index is 13.2. The number of nitrogens with zero attached hydrogens (tertiary/aromatic N) is 8. The Hall–Kier alpha value is -4.75. The zero-order valence-corrected chi connectivity index (χ0v) is 24.2. The van der Waals surface area contributed by atoms with Gasteiger partial charge in [0.05, 0.1) is 28.5 Å². The molecule has 5 aromatic heterocycles. The Morgan fingerprint density at radius 2 is 1.86 bits per heavy atom. The Balaban J connectivity index is 1.09. The van der Waals surface area contributed by atoms with E-state index < -0.39 is 0 Å². The second kappa shape index (κ2) is 9.64. The summed E-state index contributed by atoms with van der Waals surface area (Å²) >= 11 is 6.28. The Morgan fingerprint density at radius 1 is 1.02 bits per heavy atom. The van der Waals surface area contributed by atoms with E-state index in [1.807, 2.05) is 31.8 Å². The van der Waals surface area contributed by atoms with Gasteiger partial charge in [-0.25, -0.2) is 14.5 Å². The Kier molecular flexibility index (Phi) is 5.81. The number of nitriles is 1. The lowest BCUT2D eigenvalue weighted by atomic mass is 9.59. The van der Waals surface area contributed by atoms with Gasteiger partial charge in [-0.1, -0.05) is 11.6 Å². The maximum Gasteiger partial charge on any atom is 0.271 e. The van der Waals surface area contributed by atoms with E-state index in [1.165, 1.54) is 0 Å². The Bertz CT molecular complexity index is 1920. The van der Waals surface area contributed by atoms with Gasteiger partial charge in [0.2, 0.25) is 0 Å². The van der Waals surface area contributed by atoms with Crippen LogP contribution in [0.25, 0.3) is 27.8 Å². The summed E-state index contributed by atoms with van der Waals surface area (Å²) in [4.78, 5) is 24.9. The minimum Gasteiger partial charge on any atom is -0.350 e. The van der Waals surface area contributed by atoms with Crippen LogP contribution in [0.3, 0.4) is 0 Å². The van der Waals surface area contributed by atoms with Gasteiger partial charge in [0.1, 0.15) is 17.6 Å². The SMILES string of the molecule is Cn1cc(-c2cc(-c3ccc(N4[C@@H]5CC6C[C@H]4CC(NC(=O)c4ncccc4Cl)(C6)C5)nc3)c3c(C#N)cnn3c2)cn1. The fraction of sp³-hybridized carbons (Fsp3) is 0.312. The molecule has 7 heterocycles. The highest BCUT2D eigenvalue weighted by Crippen LogP contribution is 2.52. The van der Waals surface area contributed by atoms with Gasteiger partial charge in [-0.15, -0.1) is 0 Å². The molecule has 214 valence electrons. The van der Waals surface area contributed by atoms with Crippen molar-refractivity contribution < 1.29 is 4.79 Å². The molecule has 1 N–H and O–H groups in total. The number of carbonyl (C=O) groups excluding carboxylic acids is 1. The number of rotatable bonds is 5. The normalized spacial score (nSPS) is 23.9. The zero-order valence-electron chi connectivity index (χ0n) is 23.5. The van der Waals surface area contributed by atoms with Crippen LogP contribution in [0.1, 0.15) is 48.2 Å². The molecule has 0 aromatic carbocycles. The zero-order chi connectivity index (χ0) is 29.3. The van der Waals surface area contributed by atoms with E-state index in [0.29, 0.717) is 28.6 Å². The van der Waals surface area contributed by atoms with Crippen molar-refractivity contribution in [3.05, 3.63) is 83.8 Å². The lowest BCUT2D eigenvalue weighted by molar-refractivity contribution is 0.0357. The van der Waals surface area contributed by atoms with Crippen molar-refractivity contribution in [2.75, 3.05) is 4.90 Å². The van der Waals surface area contributed by atoms with Crippen LogP contribution >= 0.6 is 11.6 Å². The number of carbonyl (C=O) groups is 1. The van der Waals surface area contributed by atoms with Gasteiger partial charge in [0, 0.05) is 71.7 Å². The van der Waals surface area contributed by atoms with E-state index in [1.54, 1.807) is 33.7 Å². The second-order valence-corrected chi connectivity index (χ2v) is 12.6. The maximum atomic E-state index is 13.2. The lowest BCUT2D eigenvalue weighted by Crippen LogP contribution is -2.69. The minimum atomic E-state index is -0.251. The molecule has 0 spiro atoms. The molecule has 4 aliphatic rings. The van der Waals surface area contributed by atoms with Crippen molar-refractivity contribution in [3.8, 4) is 28.3 Å². The van der Waals surface area contributed by atoms with Gasteiger partial charge in [-0.2, -0.15) is 15.5 Å². The summed E-state index contributed by atoms with van der Waals surface area (Å²) in [5.41, 5.74) is 5.03. The number of fused-ring (bicyclic) bond motifs is 1. The fourth-order valence-electron chi connectivity index (χ4n) is 7.86. The van der Waals surface area contributed by atoms with Crippen LogP contribution in [0.2, 0.25) is 5.02 Å². The van der Waals surface area contributed by atoms with Crippen molar-refractivity contribution in [3.63, 3.8) is 0 Å². The smallest absolute Gasteiger partial charge is 0.271 e. The topological polar surface area (TPSA) is 117 Å². The number of amides is 1. The lowest BCUT2D eigenvalue weighted by Gasteiger charge is -2.62. The number of pyridine rings is 3. The molecular formula is C32H28ClN9O. The molecule has 2 unspecified atom stereocenters. The van der Waals surface area contributed by atoms with Crippen molar-refractivity contribution in [2.24, 2.45) is 13.0 Å². The summed E-state index contributed by atoms with van der Waals surface area (Å²) in [6, 6.07) is 12.6. The summed E-state index contributed by atoms with van der Waals surface area (Å²) in [6.45, 7) is 0. The third-order valence-corrected chi connectivity index (χ3v) is 9.68. The number of anilines is 1. The summed E-state index contributed by atoms with van der Waals surface area (Å²) in [6.07, 6.45) is 15.7. The van der Waals surface area contributed by atoms with Crippen molar-refractivity contribution in [1.29, 1.82) is 5.26 Å². The summed E-state index contributed by atoms with van der Waals surface area (Å²) < 4.78 is 3.53. The van der Waals surface area contributed by atoms with E-state index in [0.717, 1.165) is 65.7 Å². The molecule has 5 aromatic rings.